The first-order valence-corrected chi connectivity index (χ1v) is 11.9. The molecule has 0 aliphatic heterocycles. The summed E-state index contributed by atoms with van der Waals surface area (Å²) in [7, 11) is 0. The van der Waals surface area contributed by atoms with Crippen molar-refractivity contribution >= 4 is 29.2 Å². The molecule has 0 atom stereocenters. The van der Waals surface area contributed by atoms with E-state index < -0.39 is 0 Å². The summed E-state index contributed by atoms with van der Waals surface area (Å²) in [5, 5.41) is 8.20. The van der Waals surface area contributed by atoms with E-state index in [0.717, 1.165) is 31.4 Å². The SMILES string of the molecule is CCCCCCC(=O)N(CC(=O)Nc1cc(C(C)(C)C)nn1-c1ccccc1Cl)C(C)C. The first-order valence-electron chi connectivity index (χ1n) is 11.5. The van der Waals surface area contributed by atoms with E-state index in [1.165, 1.54) is 0 Å². The second-order valence-electron chi connectivity index (χ2n) is 9.50. The lowest BCUT2D eigenvalue weighted by atomic mass is 9.92. The number of hydrogen-bond donors (Lipinski definition) is 1. The highest BCUT2D eigenvalue weighted by atomic mass is 35.5. The summed E-state index contributed by atoms with van der Waals surface area (Å²) in [6.45, 7) is 12.2. The summed E-state index contributed by atoms with van der Waals surface area (Å²) in [6, 6.07) is 9.19. The molecular formula is C25H37ClN4O2. The minimum Gasteiger partial charge on any atom is -0.331 e. The molecular weight excluding hydrogens is 424 g/mol. The second-order valence-corrected chi connectivity index (χ2v) is 9.91. The van der Waals surface area contributed by atoms with Crippen LogP contribution in [0.4, 0.5) is 5.82 Å². The minimum atomic E-state index is -0.255. The Balaban J connectivity index is 2.21. The van der Waals surface area contributed by atoms with Gasteiger partial charge in [-0.15, -0.1) is 0 Å². The summed E-state index contributed by atoms with van der Waals surface area (Å²) >= 11 is 6.40. The van der Waals surface area contributed by atoms with Crippen molar-refractivity contribution in [3.63, 3.8) is 0 Å². The Kier molecular flexibility index (Phi) is 9.32. The molecule has 6 nitrogen and oxygen atoms in total. The van der Waals surface area contributed by atoms with Crippen LogP contribution in [0.25, 0.3) is 5.69 Å². The van der Waals surface area contributed by atoms with Gasteiger partial charge in [-0.2, -0.15) is 5.10 Å². The number of carbonyl (C=O) groups is 2. The van der Waals surface area contributed by atoms with Gasteiger partial charge in [0.1, 0.15) is 12.4 Å². The molecule has 0 radical (unpaired) electrons. The van der Waals surface area contributed by atoms with Crippen molar-refractivity contribution in [2.45, 2.75) is 85.1 Å². The standard InChI is InChI=1S/C25H37ClN4O2/c1-7-8-9-10-15-24(32)29(18(2)3)17-23(31)27-22-16-21(25(4,5)6)28-30(22)20-14-12-11-13-19(20)26/h11-14,16,18H,7-10,15,17H2,1-6H3,(H,27,31). The monoisotopic (exact) mass is 460 g/mol. The number of benzene rings is 1. The van der Waals surface area contributed by atoms with Crippen molar-refractivity contribution in [3.8, 4) is 5.69 Å². The molecule has 1 heterocycles. The fourth-order valence-electron chi connectivity index (χ4n) is 3.39. The van der Waals surface area contributed by atoms with Crippen LogP contribution in [0.2, 0.25) is 5.02 Å². The number of anilines is 1. The van der Waals surface area contributed by atoms with Gasteiger partial charge in [-0.3, -0.25) is 9.59 Å². The maximum Gasteiger partial charge on any atom is 0.245 e. The largest absolute Gasteiger partial charge is 0.331 e. The zero-order chi connectivity index (χ0) is 23.9. The van der Waals surface area contributed by atoms with Crippen molar-refractivity contribution < 1.29 is 9.59 Å². The minimum absolute atomic E-state index is 0.00281. The van der Waals surface area contributed by atoms with Gasteiger partial charge < -0.3 is 10.2 Å². The van der Waals surface area contributed by atoms with E-state index in [1.54, 1.807) is 15.6 Å². The fraction of sp³-hybridized carbons (Fsp3) is 0.560. The number of para-hydroxylation sites is 1. The Morgan fingerprint density at radius 1 is 1.16 bits per heavy atom. The van der Waals surface area contributed by atoms with Gasteiger partial charge in [0.2, 0.25) is 11.8 Å². The fourth-order valence-corrected chi connectivity index (χ4v) is 3.60. The lowest BCUT2D eigenvalue weighted by molar-refractivity contribution is -0.136. The lowest BCUT2D eigenvalue weighted by Gasteiger charge is -2.26. The predicted octanol–water partition coefficient (Wildman–Crippen LogP) is 5.97. The highest BCUT2D eigenvalue weighted by Gasteiger charge is 2.24. The van der Waals surface area contributed by atoms with Gasteiger partial charge >= 0.3 is 0 Å². The molecule has 2 aromatic rings. The normalized spacial score (nSPS) is 11.6. The number of nitrogens with zero attached hydrogens (tertiary/aromatic N) is 3. The van der Waals surface area contributed by atoms with Crippen molar-refractivity contribution in [2.24, 2.45) is 0 Å². The molecule has 0 saturated carbocycles. The number of aromatic nitrogens is 2. The average molecular weight is 461 g/mol. The van der Waals surface area contributed by atoms with Crippen LogP contribution in [-0.4, -0.2) is 39.1 Å². The topological polar surface area (TPSA) is 67.2 Å². The van der Waals surface area contributed by atoms with E-state index in [0.29, 0.717) is 22.9 Å². The van der Waals surface area contributed by atoms with E-state index in [-0.39, 0.29) is 29.8 Å². The molecule has 2 amide bonds. The Morgan fingerprint density at radius 2 is 1.84 bits per heavy atom. The van der Waals surface area contributed by atoms with Gasteiger partial charge in [0.15, 0.2) is 0 Å². The predicted molar refractivity (Wildman–Crippen MR) is 132 cm³/mol. The van der Waals surface area contributed by atoms with Gasteiger partial charge in [-0.1, -0.05) is 70.7 Å². The third-order valence-corrected chi connectivity index (χ3v) is 5.65. The molecule has 7 heteroatoms. The molecule has 0 fully saturated rings. The van der Waals surface area contributed by atoms with E-state index >= 15 is 0 Å². The van der Waals surface area contributed by atoms with Gasteiger partial charge in [0, 0.05) is 23.9 Å². The zero-order valence-electron chi connectivity index (χ0n) is 20.2. The van der Waals surface area contributed by atoms with Gasteiger partial charge in [0.25, 0.3) is 0 Å². The Labute approximate surface area is 197 Å². The number of rotatable bonds is 10. The van der Waals surface area contributed by atoms with E-state index in [4.69, 9.17) is 16.7 Å². The summed E-state index contributed by atoms with van der Waals surface area (Å²) < 4.78 is 1.66. The summed E-state index contributed by atoms with van der Waals surface area (Å²) in [5.74, 6) is 0.294. The summed E-state index contributed by atoms with van der Waals surface area (Å²) in [6.07, 6.45) is 4.60. The Bertz CT molecular complexity index is 915. The number of hydrogen-bond acceptors (Lipinski definition) is 3. The third-order valence-electron chi connectivity index (χ3n) is 5.33. The summed E-state index contributed by atoms with van der Waals surface area (Å²) in [4.78, 5) is 27.3. The maximum absolute atomic E-state index is 13.0. The van der Waals surface area contributed by atoms with E-state index in [9.17, 15) is 9.59 Å². The first kappa shape index (κ1) is 25.9. The maximum atomic E-state index is 13.0. The molecule has 1 aromatic carbocycles. The van der Waals surface area contributed by atoms with Gasteiger partial charge in [-0.25, -0.2) is 4.68 Å². The van der Waals surface area contributed by atoms with Crippen molar-refractivity contribution in [2.75, 3.05) is 11.9 Å². The quantitative estimate of drug-likeness (QED) is 0.444. The van der Waals surface area contributed by atoms with Crippen molar-refractivity contribution in [1.29, 1.82) is 0 Å². The highest BCUT2D eigenvalue weighted by Crippen LogP contribution is 2.29. The molecule has 32 heavy (non-hydrogen) atoms. The van der Waals surface area contributed by atoms with Crippen LogP contribution in [0, 0.1) is 0 Å². The lowest BCUT2D eigenvalue weighted by Crippen LogP contribution is -2.42. The number of halogens is 1. The van der Waals surface area contributed by atoms with Gasteiger partial charge in [-0.05, 0) is 32.4 Å². The molecule has 1 N–H and O–H groups in total. The zero-order valence-corrected chi connectivity index (χ0v) is 21.0. The van der Waals surface area contributed by atoms with E-state index in [2.05, 4.69) is 33.0 Å². The molecule has 0 unspecified atom stereocenters. The van der Waals surface area contributed by atoms with Crippen LogP contribution in [-0.2, 0) is 15.0 Å². The molecule has 0 saturated heterocycles. The molecule has 176 valence electrons. The summed E-state index contributed by atoms with van der Waals surface area (Å²) in [5.41, 5.74) is 1.32. The average Bonchev–Trinajstić information content (AvgIpc) is 3.13. The molecule has 0 spiro atoms. The van der Waals surface area contributed by atoms with Crippen molar-refractivity contribution in [1.82, 2.24) is 14.7 Å². The van der Waals surface area contributed by atoms with Crippen LogP contribution >= 0.6 is 11.6 Å². The number of amides is 2. The smallest absolute Gasteiger partial charge is 0.245 e. The first-order chi connectivity index (χ1) is 15.0. The third kappa shape index (κ3) is 7.09. The molecule has 1 aromatic heterocycles. The molecule has 2 rings (SSSR count). The molecule has 0 aliphatic carbocycles. The van der Waals surface area contributed by atoms with Crippen LogP contribution < -0.4 is 5.32 Å². The molecule has 0 bridgehead atoms. The highest BCUT2D eigenvalue weighted by molar-refractivity contribution is 6.32. The van der Waals surface area contributed by atoms with Crippen LogP contribution in [0.1, 0.15) is 79.3 Å². The van der Waals surface area contributed by atoms with Crippen LogP contribution in [0.3, 0.4) is 0 Å². The Hall–Kier alpha value is -2.34. The Morgan fingerprint density at radius 3 is 2.44 bits per heavy atom. The molecule has 0 aliphatic rings. The van der Waals surface area contributed by atoms with Gasteiger partial charge in [0.05, 0.1) is 16.4 Å². The number of carbonyl (C=O) groups excluding carboxylic acids is 2. The van der Waals surface area contributed by atoms with Crippen LogP contribution in [0.5, 0.6) is 0 Å². The van der Waals surface area contributed by atoms with Crippen molar-refractivity contribution in [3.05, 3.63) is 41.0 Å². The number of unbranched alkanes of at least 4 members (excludes halogenated alkanes) is 3. The van der Waals surface area contributed by atoms with Crippen LogP contribution in [0.15, 0.2) is 30.3 Å². The van der Waals surface area contributed by atoms with E-state index in [1.807, 2.05) is 38.1 Å². The number of nitrogens with one attached hydrogen (secondary N) is 1. The second kappa shape index (κ2) is 11.5.